The molecule has 0 saturated carbocycles. The maximum absolute atomic E-state index is 10.6. The summed E-state index contributed by atoms with van der Waals surface area (Å²) in [7, 11) is 0. The van der Waals surface area contributed by atoms with Crippen molar-refractivity contribution in [1.82, 2.24) is 25.8 Å². The summed E-state index contributed by atoms with van der Waals surface area (Å²) in [4.78, 5) is 8.83. The molecule has 1 atom stereocenters. The van der Waals surface area contributed by atoms with Crippen molar-refractivity contribution < 1.29 is 13.9 Å². The number of furan rings is 2. The second-order valence-corrected chi connectivity index (χ2v) is 6.32. The van der Waals surface area contributed by atoms with Crippen LogP contribution in [0.1, 0.15) is 31.2 Å². The highest BCUT2D eigenvalue weighted by atomic mass is 127. The number of H-pyrrole nitrogens is 1. The predicted molar refractivity (Wildman–Crippen MR) is 115 cm³/mol. The molecular formula is C18H25IN6O3. The van der Waals surface area contributed by atoms with Crippen LogP contribution in [0.5, 0.6) is 0 Å². The zero-order valence-corrected chi connectivity index (χ0v) is 18.4. The molecule has 10 heteroatoms. The fourth-order valence-corrected chi connectivity index (χ4v) is 2.44. The normalized spacial score (nSPS) is 13.6. The Hall–Kier alpha value is -2.34. The van der Waals surface area contributed by atoms with Crippen LogP contribution < -0.4 is 10.6 Å². The summed E-state index contributed by atoms with van der Waals surface area (Å²) in [5.41, 5.74) is -1.16. The predicted octanol–water partition coefficient (Wildman–Crippen LogP) is 2.55. The van der Waals surface area contributed by atoms with Gasteiger partial charge in [-0.15, -0.1) is 29.1 Å². The average Bonchev–Trinajstić information content (AvgIpc) is 3.37. The van der Waals surface area contributed by atoms with E-state index in [9.17, 15) is 5.11 Å². The SMILES string of the molecule is CCNC(=NCc1nc(-c2ccco2)n[nH]1)NCC(C)(O)c1ccc(C)o1.I. The molecule has 4 N–H and O–H groups in total. The van der Waals surface area contributed by atoms with Crippen LogP contribution in [0.15, 0.2) is 44.4 Å². The van der Waals surface area contributed by atoms with Gasteiger partial charge in [-0.1, -0.05) is 0 Å². The highest BCUT2D eigenvalue weighted by molar-refractivity contribution is 14.0. The number of aliphatic hydroxyl groups is 1. The molecule has 1 unspecified atom stereocenters. The number of aryl methyl sites for hydroxylation is 1. The fraction of sp³-hybridized carbons (Fsp3) is 0.389. The molecule has 3 aromatic rings. The van der Waals surface area contributed by atoms with Crippen LogP contribution in [-0.2, 0) is 12.1 Å². The number of halogens is 1. The smallest absolute Gasteiger partial charge is 0.216 e. The number of guanidine groups is 1. The van der Waals surface area contributed by atoms with Crippen LogP contribution in [-0.4, -0.2) is 39.3 Å². The number of hydrogen-bond donors (Lipinski definition) is 4. The van der Waals surface area contributed by atoms with Gasteiger partial charge in [-0.25, -0.2) is 9.98 Å². The molecule has 0 aromatic carbocycles. The van der Waals surface area contributed by atoms with Gasteiger partial charge in [0.05, 0.1) is 12.8 Å². The first-order chi connectivity index (χ1) is 13.0. The summed E-state index contributed by atoms with van der Waals surface area (Å²) in [6.07, 6.45) is 1.57. The van der Waals surface area contributed by atoms with E-state index in [1.54, 1.807) is 31.4 Å². The largest absolute Gasteiger partial charge is 0.463 e. The van der Waals surface area contributed by atoms with E-state index in [1.165, 1.54) is 0 Å². The Morgan fingerprint density at radius 2 is 2.14 bits per heavy atom. The number of hydrogen-bond acceptors (Lipinski definition) is 6. The summed E-state index contributed by atoms with van der Waals surface area (Å²) in [5, 5.41) is 23.8. The van der Waals surface area contributed by atoms with Gasteiger partial charge < -0.3 is 24.6 Å². The molecule has 0 amide bonds. The lowest BCUT2D eigenvalue weighted by atomic mass is 10.0. The number of aromatic amines is 1. The van der Waals surface area contributed by atoms with Crippen LogP contribution in [0.3, 0.4) is 0 Å². The molecule has 0 spiro atoms. The zero-order valence-electron chi connectivity index (χ0n) is 16.0. The summed E-state index contributed by atoms with van der Waals surface area (Å²) >= 11 is 0. The molecule has 0 fully saturated rings. The summed E-state index contributed by atoms with van der Waals surface area (Å²) in [5.74, 6) is 3.49. The minimum atomic E-state index is -1.16. The zero-order chi connectivity index (χ0) is 19.3. The molecule has 9 nitrogen and oxygen atoms in total. The summed E-state index contributed by atoms with van der Waals surface area (Å²) in [6.45, 7) is 6.71. The van der Waals surface area contributed by atoms with Crippen LogP contribution >= 0.6 is 24.0 Å². The Kier molecular flexibility index (Phi) is 7.63. The van der Waals surface area contributed by atoms with Crippen molar-refractivity contribution in [2.24, 2.45) is 4.99 Å². The Morgan fingerprint density at radius 1 is 1.32 bits per heavy atom. The molecule has 0 radical (unpaired) electrons. The third kappa shape index (κ3) is 5.58. The van der Waals surface area contributed by atoms with Crippen LogP contribution in [0.4, 0.5) is 0 Å². The number of nitrogens with zero attached hydrogens (tertiary/aromatic N) is 3. The first-order valence-electron chi connectivity index (χ1n) is 8.74. The van der Waals surface area contributed by atoms with Gasteiger partial charge in [0, 0.05) is 6.54 Å². The van der Waals surface area contributed by atoms with Gasteiger partial charge in [-0.05, 0) is 45.0 Å². The minimum Gasteiger partial charge on any atom is -0.463 e. The highest BCUT2D eigenvalue weighted by Crippen LogP contribution is 2.21. The van der Waals surface area contributed by atoms with E-state index in [4.69, 9.17) is 8.83 Å². The van der Waals surface area contributed by atoms with Crippen molar-refractivity contribution in [3.63, 3.8) is 0 Å². The third-order valence-corrected chi connectivity index (χ3v) is 3.88. The Labute approximate surface area is 180 Å². The van der Waals surface area contributed by atoms with Gasteiger partial charge in [0.15, 0.2) is 11.7 Å². The summed E-state index contributed by atoms with van der Waals surface area (Å²) < 4.78 is 10.8. The van der Waals surface area contributed by atoms with Crippen molar-refractivity contribution in [2.45, 2.75) is 32.9 Å². The van der Waals surface area contributed by atoms with E-state index in [0.717, 1.165) is 5.76 Å². The number of aromatic nitrogens is 3. The maximum Gasteiger partial charge on any atom is 0.216 e. The van der Waals surface area contributed by atoms with E-state index in [0.29, 0.717) is 42.2 Å². The number of nitrogens with one attached hydrogen (secondary N) is 3. The lowest BCUT2D eigenvalue weighted by molar-refractivity contribution is 0.0378. The molecule has 0 bridgehead atoms. The fourth-order valence-electron chi connectivity index (χ4n) is 2.44. The second kappa shape index (κ2) is 9.73. The standard InChI is InChI=1S/C18H24N6O3.HI/c1-4-19-17(21-11-18(3,25)14-8-7-12(2)27-14)20-10-15-22-16(24-23-15)13-6-5-9-26-13;/h5-9,25H,4,10-11H2,1-3H3,(H2,19,20,21)(H,22,23,24);1H. The van der Waals surface area contributed by atoms with Gasteiger partial charge in [-0.3, -0.25) is 5.10 Å². The van der Waals surface area contributed by atoms with Gasteiger partial charge in [0.25, 0.3) is 0 Å². The first-order valence-corrected chi connectivity index (χ1v) is 8.74. The summed E-state index contributed by atoms with van der Waals surface area (Å²) in [6, 6.07) is 7.17. The van der Waals surface area contributed by atoms with Crippen LogP contribution in [0, 0.1) is 6.92 Å². The quantitative estimate of drug-likeness (QED) is 0.223. The Balaban J connectivity index is 0.00000280. The Bertz CT molecular complexity index is 885. The highest BCUT2D eigenvalue weighted by Gasteiger charge is 2.27. The van der Waals surface area contributed by atoms with Crippen LogP contribution in [0.2, 0.25) is 0 Å². The Morgan fingerprint density at radius 3 is 2.79 bits per heavy atom. The topological polar surface area (TPSA) is 124 Å². The van der Waals surface area contributed by atoms with Crippen molar-refractivity contribution >= 4 is 29.9 Å². The van der Waals surface area contributed by atoms with E-state index < -0.39 is 5.60 Å². The van der Waals surface area contributed by atoms with Gasteiger partial charge in [0.1, 0.15) is 29.5 Å². The molecule has 0 saturated heterocycles. The molecule has 0 aliphatic carbocycles. The maximum atomic E-state index is 10.6. The van der Waals surface area contributed by atoms with Crippen molar-refractivity contribution in [2.75, 3.05) is 13.1 Å². The number of aliphatic imine (C=N–C) groups is 1. The molecule has 3 rings (SSSR count). The van der Waals surface area contributed by atoms with E-state index in [1.807, 2.05) is 19.9 Å². The first kappa shape index (κ1) is 22.0. The molecular weight excluding hydrogens is 475 g/mol. The van der Waals surface area contributed by atoms with Crippen molar-refractivity contribution in [3.8, 4) is 11.6 Å². The number of rotatable bonds is 7. The minimum absolute atomic E-state index is 0. The average molecular weight is 500 g/mol. The molecule has 0 aliphatic heterocycles. The lowest BCUT2D eigenvalue weighted by Gasteiger charge is -2.22. The monoisotopic (exact) mass is 500 g/mol. The molecule has 0 aliphatic rings. The van der Waals surface area contributed by atoms with Gasteiger partial charge in [0.2, 0.25) is 5.82 Å². The molecule has 3 heterocycles. The van der Waals surface area contributed by atoms with Crippen molar-refractivity contribution in [3.05, 3.63) is 47.9 Å². The molecule has 152 valence electrons. The molecule has 3 aromatic heterocycles. The van der Waals surface area contributed by atoms with Gasteiger partial charge in [-0.2, -0.15) is 0 Å². The van der Waals surface area contributed by atoms with E-state index in [2.05, 4.69) is 30.8 Å². The van der Waals surface area contributed by atoms with E-state index in [-0.39, 0.29) is 30.5 Å². The third-order valence-electron chi connectivity index (χ3n) is 3.88. The molecule has 28 heavy (non-hydrogen) atoms. The van der Waals surface area contributed by atoms with Gasteiger partial charge >= 0.3 is 0 Å². The van der Waals surface area contributed by atoms with Crippen molar-refractivity contribution in [1.29, 1.82) is 0 Å². The van der Waals surface area contributed by atoms with Crippen LogP contribution in [0.25, 0.3) is 11.6 Å². The van der Waals surface area contributed by atoms with E-state index >= 15 is 0 Å². The lowest BCUT2D eigenvalue weighted by Crippen LogP contribution is -2.44. The second-order valence-electron chi connectivity index (χ2n) is 6.32.